The van der Waals surface area contributed by atoms with Crippen LogP contribution in [0.3, 0.4) is 0 Å². The van der Waals surface area contributed by atoms with Gasteiger partial charge in [-0.1, -0.05) is 17.7 Å². The van der Waals surface area contributed by atoms with Gasteiger partial charge in [0.15, 0.2) is 5.82 Å². The van der Waals surface area contributed by atoms with Crippen LogP contribution >= 0.6 is 11.6 Å². The maximum Gasteiger partial charge on any atom is 0.410 e. The maximum absolute atomic E-state index is 15.4. The topological polar surface area (TPSA) is 76.5 Å². The number of amides is 1. The number of anilines is 1. The number of rotatable bonds is 4. The molecule has 2 aromatic carbocycles. The van der Waals surface area contributed by atoms with Crippen LogP contribution in [0.25, 0.3) is 10.9 Å². The van der Waals surface area contributed by atoms with Gasteiger partial charge in [-0.2, -0.15) is 0 Å². The van der Waals surface area contributed by atoms with Crippen LogP contribution in [0, 0.1) is 18.6 Å². The van der Waals surface area contributed by atoms with Crippen molar-refractivity contribution in [2.24, 2.45) is 0 Å². The van der Waals surface area contributed by atoms with Gasteiger partial charge in [0.1, 0.15) is 16.9 Å². The lowest BCUT2D eigenvalue weighted by Gasteiger charge is -2.34. The predicted molar refractivity (Wildman–Crippen MR) is 140 cm³/mol. The van der Waals surface area contributed by atoms with Crippen molar-refractivity contribution in [2.45, 2.75) is 65.1 Å². The number of nitrogens with zero attached hydrogens (tertiary/aromatic N) is 3. The van der Waals surface area contributed by atoms with E-state index in [1.54, 1.807) is 33.8 Å². The Hall–Kier alpha value is -3.20. The van der Waals surface area contributed by atoms with Gasteiger partial charge in [0.25, 0.3) is 5.56 Å². The largest absolute Gasteiger partial charge is 0.444 e. The third-order valence-corrected chi connectivity index (χ3v) is 6.95. The minimum Gasteiger partial charge on any atom is -0.444 e. The molecule has 1 aliphatic heterocycles. The SMILES string of the molecule is Cc1ccc(F)c([C@]2(Nc3cc(F)c4ncn(C(C)C)c(=O)c4c3)CCN(C(=O)OC(C)(C)C)C2)c1Cl. The van der Waals surface area contributed by atoms with E-state index in [4.69, 9.17) is 16.3 Å². The van der Waals surface area contributed by atoms with Gasteiger partial charge in [-0.25, -0.2) is 18.6 Å². The number of nitrogens with one attached hydrogen (secondary N) is 1. The molecule has 37 heavy (non-hydrogen) atoms. The van der Waals surface area contributed by atoms with Gasteiger partial charge < -0.3 is 15.0 Å². The predicted octanol–water partition coefficient (Wildman–Crippen LogP) is 6.17. The molecule has 0 radical (unpaired) electrons. The number of likely N-dealkylation sites (tertiary alicyclic amines) is 1. The molecule has 1 aromatic heterocycles. The summed E-state index contributed by atoms with van der Waals surface area (Å²) in [6.07, 6.45) is 1.05. The molecule has 0 spiro atoms. The first kappa shape index (κ1) is 26.9. The summed E-state index contributed by atoms with van der Waals surface area (Å²) in [4.78, 5) is 31.6. The Bertz CT molecular complexity index is 1430. The molecule has 0 unspecified atom stereocenters. The highest BCUT2D eigenvalue weighted by molar-refractivity contribution is 6.32. The first-order valence-electron chi connectivity index (χ1n) is 12.1. The average Bonchev–Trinajstić information content (AvgIpc) is 3.21. The van der Waals surface area contributed by atoms with E-state index in [-0.39, 0.29) is 52.7 Å². The Kier molecular flexibility index (Phi) is 6.96. The molecule has 1 fully saturated rings. The number of carbonyl (C=O) groups is 1. The number of aromatic nitrogens is 2. The van der Waals surface area contributed by atoms with Crippen LogP contribution in [-0.2, 0) is 10.3 Å². The smallest absolute Gasteiger partial charge is 0.410 e. The van der Waals surface area contributed by atoms with Crippen molar-refractivity contribution in [1.82, 2.24) is 14.5 Å². The van der Waals surface area contributed by atoms with Gasteiger partial charge in [-0.05, 0) is 71.7 Å². The summed E-state index contributed by atoms with van der Waals surface area (Å²) in [7, 11) is 0. The van der Waals surface area contributed by atoms with E-state index in [1.807, 2.05) is 13.8 Å². The number of hydrogen-bond acceptors (Lipinski definition) is 5. The zero-order valence-corrected chi connectivity index (χ0v) is 22.5. The molecule has 198 valence electrons. The lowest BCUT2D eigenvalue weighted by atomic mass is 9.86. The van der Waals surface area contributed by atoms with Gasteiger partial charge in [-0.3, -0.25) is 9.36 Å². The van der Waals surface area contributed by atoms with E-state index in [0.717, 1.165) is 0 Å². The van der Waals surface area contributed by atoms with E-state index in [9.17, 15) is 9.59 Å². The zero-order chi connectivity index (χ0) is 27.3. The molecule has 1 saturated heterocycles. The molecule has 1 N–H and O–H groups in total. The van der Waals surface area contributed by atoms with Crippen LogP contribution < -0.4 is 10.9 Å². The molecule has 7 nitrogen and oxygen atoms in total. The van der Waals surface area contributed by atoms with Crippen LogP contribution in [0.1, 0.15) is 58.2 Å². The van der Waals surface area contributed by atoms with Gasteiger partial charge in [0.05, 0.1) is 28.8 Å². The van der Waals surface area contributed by atoms with Gasteiger partial charge in [-0.15, -0.1) is 0 Å². The van der Waals surface area contributed by atoms with Crippen molar-refractivity contribution in [3.63, 3.8) is 0 Å². The molecule has 2 heterocycles. The minimum absolute atomic E-state index is 0.0188. The van der Waals surface area contributed by atoms with E-state index in [1.165, 1.54) is 34.0 Å². The lowest BCUT2D eigenvalue weighted by molar-refractivity contribution is 0.0286. The Labute approximate surface area is 219 Å². The number of fused-ring (bicyclic) bond motifs is 1. The molecule has 0 aliphatic carbocycles. The summed E-state index contributed by atoms with van der Waals surface area (Å²) >= 11 is 6.62. The first-order valence-corrected chi connectivity index (χ1v) is 12.5. The third-order valence-electron chi connectivity index (χ3n) is 6.46. The molecule has 1 amide bonds. The average molecular weight is 533 g/mol. The molecule has 1 atom stereocenters. The van der Waals surface area contributed by atoms with Crippen LogP contribution in [0.2, 0.25) is 5.02 Å². The highest BCUT2D eigenvalue weighted by atomic mass is 35.5. The zero-order valence-electron chi connectivity index (χ0n) is 21.8. The molecule has 3 aromatic rings. The van der Waals surface area contributed by atoms with Crippen molar-refractivity contribution in [3.8, 4) is 0 Å². The van der Waals surface area contributed by atoms with Gasteiger partial charge >= 0.3 is 6.09 Å². The standard InChI is InChI=1S/C27H31ClF2N4O3/c1-15(2)34-14-31-23-18(24(34)35)11-17(12-20(23)30)32-27(21-19(29)8-7-16(3)22(21)28)9-10-33(13-27)25(36)37-26(4,5)6/h7-8,11-12,14-15,32H,9-10,13H2,1-6H3/t27-/m0/s1. The monoisotopic (exact) mass is 532 g/mol. The number of benzene rings is 2. The highest BCUT2D eigenvalue weighted by Gasteiger charge is 2.46. The van der Waals surface area contributed by atoms with E-state index in [2.05, 4.69) is 10.3 Å². The fourth-order valence-corrected chi connectivity index (χ4v) is 5.01. The molecule has 0 bridgehead atoms. The third kappa shape index (κ3) is 5.14. The molecular weight excluding hydrogens is 502 g/mol. The van der Waals surface area contributed by atoms with Crippen molar-refractivity contribution >= 4 is 34.3 Å². The lowest BCUT2D eigenvalue weighted by Crippen LogP contribution is -2.42. The van der Waals surface area contributed by atoms with Gasteiger partial charge in [0, 0.05) is 23.8 Å². The molecular formula is C27H31ClF2N4O3. The quantitative estimate of drug-likeness (QED) is 0.435. The summed E-state index contributed by atoms with van der Waals surface area (Å²) in [5, 5.41) is 3.55. The van der Waals surface area contributed by atoms with Crippen molar-refractivity contribution in [2.75, 3.05) is 18.4 Å². The Morgan fingerprint density at radius 1 is 1.22 bits per heavy atom. The highest BCUT2D eigenvalue weighted by Crippen LogP contribution is 2.42. The van der Waals surface area contributed by atoms with E-state index < -0.39 is 34.4 Å². The number of carbonyl (C=O) groups excluding carboxylic acids is 1. The maximum atomic E-state index is 15.4. The summed E-state index contributed by atoms with van der Waals surface area (Å²) in [5.41, 5.74) is -1.29. The van der Waals surface area contributed by atoms with Crippen LogP contribution in [0.15, 0.2) is 35.4 Å². The molecule has 10 heteroatoms. The summed E-state index contributed by atoms with van der Waals surface area (Å²) < 4.78 is 37.5. The van der Waals surface area contributed by atoms with Crippen molar-refractivity contribution in [1.29, 1.82) is 0 Å². The molecule has 4 rings (SSSR count). The number of halogens is 3. The number of hydrogen-bond donors (Lipinski definition) is 1. The Morgan fingerprint density at radius 2 is 1.92 bits per heavy atom. The second-order valence-electron chi connectivity index (χ2n) is 10.8. The van der Waals surface area contributed by atoms with Gasteiger partial charge in [0.2, 0.25) is 0 Å². The van der Waals surface area contributed by atoms with Crippen LogP contribution in [0.5, 0.6) is 0 Å². The normalized spacial score (nSPS) is 18.1. The molecule has 1 aliphatic rings. The number of aryl methyl sites for hydroxylation is 1. The Morgan fingerprint density at radius 3 is 2.57 bits per heavy atom. The van der Waals surface area contributed by atoms with Crippen molar-refractivity contribution < 1.29 is 18.3 Å². The summed E-state index contributed by atoms with van der Waals surface area (Å²) in [6.45, 7) is 11.0. The molecule has 0 saturated carbocycles. The van der Waals surface area contributed by atoms with Crippen LogP contribution in [-0.4, -0.2) is 39.2 Å². The second kappa shape index (κ2) is 9.59. The van der Waals surface area contributed by atoms with Crippen LogP contribution in [0.4, 0.5) is 19.3 Å². The second-order valence-corrected chi connectivity index (χ2v) is 11.2. The van der Waals surface area contributed by atoms with E-state index >= 15 is 8.78 Å². The van der Waals surface area contributed by atoms with Crippen molar-refractivity contribution in [3.05, 3.63) is 68.7 Å². The number of ether oxygens (including phenoxy) is 1. The first-order chi connectivity index (χ1) is 17.2. The summed E-state index contributed by atoms with van der Waals surface area (Å²) in [6, 6.07) is 5.45. The fraction of sp³-hybridized carbons (Fsp3) is 0.444. The fourth-order valence-electron chi connectivity index (χ4n) is 4.68. The Balaban J connectivity index is 1.84. The van der Waals surface area contributed by atoms with E-state index in [0.29, 0.717) is 5.56 Å². The minimum atomic E-state index is -1.20. The summed E-state index contributed by atoms with van der Waals surface area (Å²) in [5.74, 6) is -1.25.